The molecule has 722 valence electrons. The van der Waals surface area contributed by atoms with E-state index in [1.807, 2.05) is 0 Å². The number of nitrogens with zero attached hydrogens (tertiary/aromatic N) is 23. The van der Waals surface area contributed by atoms with E-state index in [0.29, 0.717) is 22.4 Å². The van der Waals surface area contributed by atoms with Gasteiger partial charge in [-0.25, -0.2) is 116 Å². The van der Waals surface area contributed by atoms with E-state index in [-0.39, 0.29) is 86.7 Å². The van der Waals surface area contributed by atoms with Crippen LogP contribution in [0.1, 0.15) is 62.0 Å². The molecule has 0 spiro atoms. The van der Waals surface area contributed by atoms with E-state index in [0.717, 1.165) is 12.7 Å². The van der Waals surface area contributed by atoms with Gasteiger partial charge in [-0.05, 0) is 79.8 Å². The van der Waals surface area contributed by atoms with Gasteiger partial charge in [0.25, 0.3) is 5.56 Å². The van der Waals surface area contributed by atoms with Gasteiger partial charge in [0.05, 0.1) is 89.0 Å². The number of rotatable bonds is 6. The van der Waals surface area contributed by atoms with Crippen molar-refractivity contribution in [1.29, 1.82) is 0 Å². The Kier molecular flexibility index (Phi) is 27.2. The molecule has 21 heterocycles. The highest BCUT2D eigenvalue weighted by Gasteiger charge is 2.59. The maximum absolute atomic E-state index is 16.0. The molecule has 0 radical (unpaired) electrons. The number of anilines is 3. The molecule has 0 amide bonds. The van der Waals surface area contributed by atoms with Crippen molar-refractivity contribution in [3.63, 3.8) is 0 Å². The first-order valence-electron chi connectivity index (χ1n) is 38.9. The van der Waals surface area contributed by atoms with Crippen molar-refractivity contribution in [2.75, 3.05) is 56.8 Å². The number of aromatic nitrogens is 24. The molecule has 12 aromatic heterocycles. The van der Waals surface area contributed by atoms with Gasteiger partial charge in [-0.2, -0.15) is 0 Å². The molecular formula is C64H73F6N27O25P6S6. The Hall–Kier alpha value is -7.01. The molecule has 0 saturated carbocycles. The van der Waals surface area contributed by atoms with E-state index in [4.69, 9.17) is 159 Å². The smallest absolute Gasteiger partial charge is 0.382 e. The van der Waals surface area contributed by atoms with Crippen molar-refractivity contribution in [3.8, 4) is 0 Å². The molecule has 70 heteroatoms. The number of alkyl halides is 6. The number of nitrogens with two attached hydrogens (primary N) is 3. The van der Waals surface area contributed by atoms with Gasteiger partial charge in [-0.3, -0.25) is 63.9 Å². The molecule has 9 aliphatic rings. The minimum Gasteiger partial charge on any atom is -0.382 e. The van der Waals surface area contributed by atoms with Gasteiger partial charge in [0.2, 0.25) is 0 Å². The van der Waals surface area contributed by atoms with Gasteiger partial charge in [0, 0.05) is 0 Å². The number of H-pyrrole nitrogens is 1. The molecule has 9 aliphatic heterocycles. The fourth-order valence-corrected chi connectivity index (χ4v) is 24.5. The summed E-state index contributed by atoms with van der Waals surface area (Å²) in [6.07, 6.45) is -24.2. The maximum Gasteiger partial charge on any atom is 0.386 e. The molecule has 0 aliphatic carbocycles. The highest BCUT2D eigenvalue weighted by molar-refractivity contribution is 8.44. The molecule has 9 fully saturated rings. The molecule has 9 saturated heterocycles. The topological polar surface area (TPSA) is 644 Å². The summed E-state index contributed by atoms with van der Waals surface area (Å²) in [5.74, 6) is 0.423. The molecule has 52 nitrogen and oxygen atoms in total. The number of imidazole rings is 6. The van der Waals surface area contributed by atoms with Crippen LogP contribution < -0.4 is 22.8 Å². The normalized spacial score (nSPS) is 37.8. The number of aryl methyl sites for hydroxylation is 3. The Balaban J connectivity index is 0.000000134. The molecule has 21 rings (SSSR count). The van der Waals surface area contributed by atoms with E-state index in [9.17, 15) is 33.8 Å². The average Bonchev–Trinajstić information content (AvgIpc) is 1.62. The number of thiol groups is 1. The third kappa shape index (κ3) is 18.9. The minimum absolute atomic E-state index is 0. The second-order valence-corrected chi connectivity index (χ2v) is 47.2. The summed E-state index contributed by atoms with van der Waals surface area (Å²) in [5, 5.41) is 0. The minimum atomic E-state index is -4.36. The summed E-state index contributed by atoms with van der Waals surface area (Å²) in [6.45, 7) is -24.2. The number of nitrogens with one attached hydrogen (secondary N) is 1. The van der Waals surface area contributed by atoms with E-state index in [1.54, 1.807) is 13.8 Å². The summed E-state index contributed by atoms with van der Waals surface area (Å²) < 4.78 is 218. The second kappa shape index (κ2) is 37.5. The van der Waals surface area contributed by atoms with Crippen LogP contribution in [0.4, 0.5) is 43.8 Å². The van der Waals surface area contributed by atoms with Crippen molar-refractivity contribution in [2.24, 2.45) is 0 Å². The quantitative estimate of drug-likeness (QED) is 0.0618. The standard InChI is InChI=1S/C21H23F2N9O9P2S2.2C21H23F2N9O8P2S2.CH4/c1-7-29-18-13(19(33)30-7)28-6-32(18)21-11(23)15-9(39-21)3-37-42(34,44)40-14-8(2-36-43(35,45)41-15)38-20(10(14)22)31-5-27-12-16(24)25-4-26-17(12)31;2*1-8-13-18(27-4-25-8)31(6-29-13)20-11(22)15-9(37-20)2-35-42(34,44)40-16-10(3-36-41(33,43)39-15)38-21(12(16)23)32-7-30-14-17(24)26-5-28-19(14)32;/h4-6,8-11,14-15,20-21H,2-3H2,1H3,(H,34,44)(H,35,45)(H2,24,25,26)(H,29,30,33);2*4-7,9-12,15-16,20-21H,2-3H2,1H3,(H,33,43)(H,34,44)(H2,24,26,28);1H4/t8-,9-,10-,11-,14-,15-,20-,21-,42?,43?;2*9-,10-,11-,12-,15-,16-,20-,21-,41?,42?;/m111./s1. The van der Waals surface area contributed by atoms with E-state index in [1.165, 1.54) is 91.3 Å². The lowest BCUT2D eigenvalue weighted by Gasteiger charge is -2.29. The van der Waals surface area contributed by atoms with Gasteiger partial charge >= 0.3 is 40.4 Å². The fourth-order valence-electron chi connectivity index (χ4n) is 15.9. The van der Waals surface area contributed by atoms with Gasteiger partial charge < -0.3 is 97.7 Å². The third-order valence-electron chi connectivity index (χ3n) is 22.0. The van der Waals surface area contributed by atoms with Crippen molar-refractivity contribution in [2.45, 2.75) is 176 Å². The van der Waals surface area contributed by atoms with Crippen LogP contribution in [-0.2, 0) is 146 Å². The Bertz CT molecular complexity index is 6370. The SMILES string of the molecule is C.Cc1nc2c(ncn2[C@@H]2O[C@@H]3COP(O)(=S)O[C@H]4[C@@H](F)[C@H](n5cnc6c(N)ncnc65)O[C@@H]4COP(O)(=S)O[C@H]3[C@H]2F)c(=O)[nH]1.Cc1ncnc2c1ncn2[C@@H]1O[C@@H]2COP(O)(=S)O[C@H]3[C@@H](F)[C@H](n4cnc5c(N)ncnc54)O[C@@H]3COP(=O)(S)O[C@H]2[C@H]1F.Cc1ncnc2c1ncn2[C@@H]1O[C@@H]2COP(O)(=S)O[C@H]3[C@@H](F)[C@H](n4cnc5c(N)ncnc54)O[C@@H]3COP(O)(=S)O[C@H]2[C@H]1F. The first-order valence-corrected chi connectivity index (χ1v) is 54.5. The molecular weight excluding hydrogens is 2040 g/mol. The van der Waals surface area contributed by atoms with Crippen LogP contribution in [0.15, 0.2) is 74.4 Å². The number of fused-ring (bicyclic) bond motifs is 12. The van der Waals surface area contributed by atoms with E-state index < -0.39 is 233 Å². The summed E-state index contributed by atoms with van der Waals surface area (Å²) in [7, 11) is 0. The van der Waals surface area contributed by atoms with Crippen LogP contribution in [0, 0.1) is 20.8 Å². The van der Waals surface area contributed by atoms with Crippen molar-refractivity contribution in [1.82, 2.24) is 117 Å². The zero-order valence-corrected chi connectivity index (χ0v) is 77.7. The lowest BCUT2D eigenvalue weighted by Crippen LogP contribution is -2.37. The van der Waals surface area contributed by atoms with Gasteiger partial charge in [-0.15, -0.1) is 0 Å². The van der Waals surface area contributed by atoms with E-state index >= 15 is 26.3 Å². The summed E-state index contributed by atoms with van der Waals surface area (Å²) in [6, 6.07) is 0. The zero-order chi connectivity index (χ0) is 93.8. The zero-order valence-electron chi connectivity index (χ0n) is 67.3. The number of nitrogen functional groups attached to an aromatic ring is 3. The molecule has 6 unspecified atom stereocenters. The lowest BCUT2D eigenvalue weighted by atomic mass is 10.1. The summed E-state index contributed by atoms with van der Waals surface area (Å²) >= 11 is 29.8. The van der Waals surface area contributed by atoms with Gasteiger partial charge in [-0.1, -0.05) is 19.7 Å². The number of hydrogen-bond donors (Lipinski definition) is 10. The van der Waals surface area contributed by atoms with Crippen molar-refractivity contribution < 1.29 is 138 Å². The molecule has 12 N–H and O–H groups in total. The maximum atomic E-state index is 16.0. The summed E-state index contributed by atoms with van der Waals surface area (Å²) in [4.78, 5) is 139. The Morgan fingerprint density at radius 3 is 0.851 bits per heavy atom. The Labute approximate surface area is 776 Å². The van der Waals surface area contributed by atoms with Crippen LogP contribution in [0.25, 0.3) is 67.0 Å². The highest BCUT2D eigenvalue weighted by atomic mass is 32.7. The lowest BCUT2D eigenvalue weighted by molar-refractivity contribution is -0.0583. The molecule has 12 aromatic rings. The Morgan fingerprint density at radius 1 is 0.351 bits per heavy atom. The van der Waals surface area contributed by atoms with Crippen LogP contribution in [0.2, 0.25) is 0 Å². The predicted molar refractivity (Wildman–Crippen MR) is 466 cm³/mol. The van der Waals surface area contributed by atoms with Crippen molar-refractivity contribution in [3.05, 3.63) is 97.2 Å². The third-order valence-corrected chi connectivity index (χ3v) is 31.4. The number of aromatic amines is 1. The van der Waals surface area contributed by atoms with E-state index in [2.05, 4.69) is 102 Å². The highest BCUT2D eigenvalue weighted by Crippen LogP contribution is 2.61. The van der Waals surface area contributed by atoms with Crippen LogP contribution in [-0.4, -0.2) is 292 Å². The number of ether oxygens (including phenoxy) is 6. The predicted octanol–water partition coefficient (Wildman–Crippen LogP) is 4.59. The van der Waals surface area contributed by atoms with Crippen LogP contribution in [0.3, 0.4) is 0 Å². The largest absolute Gasteiger partial charge is 0.386 e. The molecule has 134 heavy (non-hydrogen) atoms. The molecule has 0 bridgehead atoms. The second-order valence-electron chi connectivity index (χ2n) is 30.4. The molecule has 0 aromatic carbocycles. The van der Waals surface area contributed by atoms with Gasteiger partial charge in [0.1, 0.15) is 138 Å². The van der Waals surface area contributed by atoms with Crippen molar-refractivity contribution >= 4 is 196 Å². The first-order chi connectivity index (χ1) is 63.2. The number of halogens is 6. The molecule has 30 atom stereocenters. The first kappa shape index (κ1) is 97.2. The van der Waals surface area contributed by atoms with Crippen LogP contribution in [0.5, 0.6) is 0 Å². The monoisotopic (exact) mass is 2110 g/mol. The summed E-state index contributed by atoms with van der Waals surface area (Å²) in [5.41, 5.74) is 20.5. The average molecular weight is 2110 g/mol. The van der Waals surface area contributed by atoms with Gasteiger partial charge in [0.15, 0.2) is 131 Å². The van der Waals surface area contributed by atoms with Crippen LogP contribution >= 0.6 is 52.6 Å². The Morgan fingerprint density at radius 2 is 0.575 bits per heavy atom. The number of hydrogen-bond acceptors (Lipinski definition) is 45. The fraction of sp³-hybridized carbons (Fsp3) is 0.531.